The van der Waals surface area contributed by atoms with Crippen LogP contribution in [0.1, 0.15) is 30.9 Å². The third-order valence-electron chi connectivity index (χ3n) is 5.62. The Labute approximate surface area is 190 Å². The van der Waals surface area contributed by atoms with Gasteiger partial charge in [-0.25, -0.2) is 0 Å². The standard InChI is InChI=1S/C25H33N3O4/c1-19-10-11-21(16-24(19)31-3)18-28-13-7-6-12-27(25(30)17-26-20(2)29)14-15-32-23-9-5-4-8-22(23)28/h4-5,8-11,16H,6-7,12-15,17-18H2,1-3H3,(H,26,29). The van der Waals surface area contributed by atoms with Crippen molar-refractivity contribution in [3.8, 4) is 11.5 Å². The first-order valence-electron chi connectivity index (χ1n) is 11.1. The van der Waals surface area contributed by atoms with Gasteiger partial charge in [0.25, 0.3) is 0 Å². The number of carbonyl (C=O) groups excluding carboxylic acids is 2. The number of ether oxygens (including phenoxy) is 2. The van der Waals surface area contributed by atoms with Crippen molar-refractivity contribution in [1.29, 1.82) is 0 Å². The number of anilines is 1. The van der Waals surface area contributed by atoms with Gasteiger partial charge in [0.15, 0.2) is 0 Å². The average molecular weight is 440 g/mol. The van der Waals surface area contributed by atoms with Crippen LogP contribution < -0.4 is 19.7 Å². The Balaban J connectivity index is 1.76. The number of benzene rings is 2. The normalized spacial score (nSPS) is 14.6. The lowest BCUT2D eigenvalue weighted by atomic mass is 10.1. The minimum atomic E-state index is -0.204. The predicted molar refractivity (Wildman–Crippen MR) is 125 cm³/mol. The maximum atomic E-state index is 12.5. The number of fused-ring (bicyclic) bond motifs is 1. The quantitative estimate of drug-likeness (QED) is 0.775. The molecule has 1 aliphatic heterocycles. The van der Waals surface area contributed by atoms with Crippen LogP contribution in [0.25, 0.3) is 0 Å². The molecule has 172 valence electrons. The molecule has 0 aromatic heterocycles. The van der Waals surface area contributed by atoms with Crippen LogP contribution in [0, 0.1) is 6.92 Å². The lowest BCUT2D eigenvalue weighted by Crippen LogP contribution is -2.42. The molecule has 1 heterocycles. The van der Waals surface area contributed by atoms with Gasteiger partial charge in [-0.2, -0.15) is 0 Å². The SMILES string of the molecule is COc1cc(CN2CCCCN(C(=O)CNC(C)=O)CCOc3ccccc32)ccc1C. The molecule has 0 aliphatic carbocycles. The number of methoxy groups -OCH3 is 1. The fourth-order valence-electron chi connectivity index (χ4n) is 3.85. The molecular weight excluding hydrogens is 406 g/mol. The molecule has 0 unspecified atom stereocenters. The van der Waals surface area contributed by atoms with Crippen molar-refractivity contribution >= 4 is 17.5 Å². The number of carbonyl (C=O) groups is 2. The monoisotopic (exact) mass is 439 g/mol. The second-order valence-electron chi connectivity index (χ2n) is 8.04. The van der Waals surface area contributed by atoms with Crippen molar-refractivity contribution < 1.29 is 19.1 Å². The van der Waals surface area contributed by atoms with Crippen LogP contribution >= 0.6 is 0 Å². The topological polar surface area (TPSA) is 71.1 Å². The molecule has 1 N–H and O–H groups in total. The summed E-state index contributed by atoms with van der Waals surface area (Å²) < 4.78 is 11.6. The molecule has 0 fully saturated rings. The Morgan fingerprint density at radius 1 is 1.09 bits per heavy atom. The highest BCUT2D eigenvalue weighted by molar-refractivity contribution is 5.83. The van der Waals surface area contributed by atoms with Crippen molar-refractivity contribution in [3.05, 3.63) is 53.6 Å². The van der Waals surface area contributed by atoms with Gasteiger partial charge in [-0.1, -0.05) is 24.3 Å². The molecule has 0 radical (unpaired) electrons. The van der Waals surface area contributed by atoms with Gasteiger partial charge in [0.2, 0.25) is 11.8 Å². The fourth-order valence-corrected chi connectivity index (χ4v) is 3.85. The third-order valence-corrected chi connectivity index (χ3v) is 5.62. The predicted octanol–water partition coefficient (Wildman–Crippen LogP) is 3.15. The van der Waals surface area contributed by atoms with Gasteiger partial charge in [0.1, 0.15) is 18.1 Å². The van der Waals surface area contributed by atoms with E-state index in [1.54, 1.807) is 12.0 Å². The van der Waals surface area contributed by atoms with Gasteiger partial charge >= 0.3 is 0 Å². The molecule has 2 aromatic rings. The van der Waals surface area contributed by atoms with Crippen LogP contribution in [-0.4, -0.2) is 56.6 Å². The van der Waals surface area contributed by atoms with Crippen molar-refractivity contribution in [3.63, 3.8) is 0 Å². The zero-order valence-corrected chi connectivity index (χ0v) is 19.2. The maximum absolute atomic E-state index is 12.5. The van der Waals surface area contributed by atoms with E-state index in [2.05, 4.69) is 34.5 Å². The van der Waals surface area contributed by atoms with Crippen LogP contribution in [0.5, 0.6) is 11.5 Å². The minimum Gasteiger partial charge on any atom is -0.496 e. The number of nitrogens with one attached hydrogen (secondary N) is 1. The first-order valence-corrected chi connectivity index (χ1v) is 11.1. The number of hydrogen-bond donors (Lipinski definition) is 1. The third kappa shape index (κ3) is 6.39. The van der Waals surface area contributed by atoms with Gasteiger partial charge in [0, 0.05) is 26.6 Å². The molecule has 0 spiro atoms. The number of hydrogen-bond acceptors (Lipinski definition) is 5. The van der Waals surface area contributed by atoms with E-state index >= 15 is 0 Å². The van der Waals surface area contributed by atoms with E-state index in [4.69, 9.17) is 9.47 Å². The highest BCUT2D eigenvalue weighted by Gasteiger charge is 2.18. The molecule has 2 aromatic carbocycles. The highest BCUT2D eigenvalue weighted by atomic mass is 16.5. The Hall–Kier alpha value is -3.22. The Morgan fingerprint density at radius 3 is 2.66 bits per heavy atom. The van der Waals surface area contributed by atoms with Crippen molar-refractivity contribution in [2.45, 2.75) is 33.2 Å². The summed E-state index contributed by atoms with van der Waals surface area (Å²) in [6.45, 7) is 6.58. The number of rotatable bonds is 5. The van der Waals surface area contributed by atoms with Gasteiger partial charge in [-0.15, -0.1) is 0 Å². The van der Waals surface area contributed by atoms with Crippen LogP contribution in [0.2, 0.25) is 0 Å². The van der Waals surface area contributed by atoms with E-state index in [0.29, 0.717) is 19.7 Å². The Bertz CT molecular complexity index is 931. The van der Waals surface area contributed by atoms with E-state index in [1.807, 2.05) is 25.1 Å². The summed E-state index contributed by atoms with van der Waals surface area (Å²) in [5.74, 6) is 1.41. The highest BCUT2D eigenvalue weighted by Crippen LogP contribution is 2.31. The van der Waals surface area contributed by atoms with E-state index in [0.717, 1.165) is 48.7 Å². The van der Waals surface area contributed by atoms with Gasteiger partial charge in [-0.05, 0) is 49.1 Å². The number of amides is 2. The lowest BCUT2D eigenvalue weighted by Gasteiger charge is -2.27. The Kier molecular flexibility index (Phi) is 8.36. The zero-order valence-electron chi connectivity index (χ0n) is 19.2. The van der Waals surface area contributed by atoms with Crippen LogP contribution in [-0.2, 0) is 16.1 Å². The molecule has 0 saturated heterocycles. The van der Waals surface area contributed by atoms with Crippen molar-refractivity contribution in [1.82, 2.24) is 10.2 Å². The molecule has 2 amide bonds. The van der Waals surface area contributed by atoms with E-state index in [-0.39, 0.29) is 18.4 Å². The van der Waals surface area contributed by atoms with Crippen LogP contribution in [0.4, 0.5) is 5.69 Å². The van der Waals surface area contributed by atoms with Gasteiger partial charge in [-0.3, -0.25) is 9.59 Å². The zero-order chi connectivity index (χ0) is 22.9. The minimum absolute atomic E-state index is 0.0211. The molecule has 7 heteroatoms. The molecule has 32 heavy (non-hydrogen) atoms. The summed E-state index contributed by atoms with van der Waals surface area (Å²) in [7, 11) is 1.70. The molecular formula is C25H33N3O4. The molecule has 0 bridgehead atoms. The smallest absolute Gasteiger partial charge is 0.242 e. The number of nitrogens with zero attached hydrogens (tertiary/aromatic N) is 2. The van der Waals surface area contributed by atoms with Crippen LogP contribution in [0.3, 0.4) is 0 Å². The van der Waals surface area contributed by atoms with Crippen molar-refractivity contribution in [2.24, 2.45) is 0 Å². The largest absolute Gasteiger partial charge is 0.496 e. The summed E-state index contributed by atoms with van der Waals surface area (Å²) in [6, 6.07) is 14.3. The molecule has 7 nitrogen and oxygen atoms in total. The second kappa shape index (κ2) is 11.4. The molecule has 0 saturated carbocycles. The molecule has 3 rings (SSSR count). The summed E-state index contributed by atoms with van der Waals surface area (Å²) in [5.41, 5.74) is 3.33. The van der Waals surface area contributed by atoms with Gasteiger partial charge in [0.05, 0.1) is 25.9 Å². The summed E-state index contributed by atoms with van der Waals surface area (Å²) in [4.78, 5) is 27.8. The lowest BCUT2D eigenvalue weighted by molar-refractivity contribution is -0.132. The summed E-state index contributed by atoms with van der Waals surface area (Å²) in [5, 5.41) is 2.59. The number of aryl methyl sites for hydroxylation is 1. The van der Waals surface area contributed by atoms with Crippen LogP contribution in [0.15, 0.2) is 42.5 Å². The molecule has 0 atom stereocenters. The second-order valence-corrected chi connectivity index (χ2v) is 8.04. The molecule has 1 aliphatic rings. The summed E-state index contributed by atoms with van der Waals surface area (Å²) >= 11 is 0. The number of para-hydroxylation sites is 2. The summed E-state index contributed by atoms with van der Waals surface area (Å²) in [6.07, 6.45) is 1.81. The van der Waals surface area contributed by atoms with Crippen molar-refractivity contribution in [2.75, 3.05) is 44.8 Å². The fraction of sp³-hybridized carbons (Fsp3) is 0.440. The van der Waals surface area contributed by atoms with Gasteiger partial charge < -0.3 is 24.6 Å². The first-order chi connectivity index (χ1) is 15.5. The van der Waals surface area contributed by atoms with E-state index in [1.165, 1.54) is 12.5 Å². The maximum Gasteiger partial charge on any atom is 0.242 e. The Morgan fingerprint density at radius 2 is 1.88 bits per heavy atom. The van der Waals surface area contributed by atoms with E-state index in [9.17, 15) is 9.59 Å². The average Bonchev–Trinajstić information content (AvgIpc) is 2.83. The first kappa shape index (κ1) is 23.4. The van der Waals surface area contributed by atoms with E-state index < -0.39 is 0 Å².